The van der Waals surface area contributed by atoms with Crippen molar-refractivity contribution in [3.63, 3.8) is 0 Å². The summed E-state index contributed by atoms with van der Waals surface area (Å²) >= 11 is 0. The summed E-state index contributed by atoms with van der Waals surface area (Å²) in [5, 5.41) is 8.51. The van der Waals surface area contributed by atoms with Gasteiger partial charge < -0.3 is 15.7 Å². The zero-order valence-corrected chi connectivity index (χ0v) is 9.40. The fraction of sp³-hybridized carbons (Fsp3) is 0.800. The first kappa shape index (κ1) is 13.9. The Balaban J connectivity index is 4.17. The van der Waals surface area contributed by atoms with E-state index in [0.29, 0.717) is 13.1 Å². The van der Waals surface area contributed by atoms with Crippen LogP contribution >= 0.6 is 0 Å². The summed E-state index contributed by atoms with van der Waals surface area (Å²) in [5.41, 5.74) is 5.49. The lowest BCUT2D eigenvalue weighted by molar-refractivity contribution is -0.141. The quantitative estimate of drug-likeness (QED) is 0.646. The van der Waals surface area contributed by atoms with Crippen LogP contribution in [0.1, 0.15) is 33.1 Å². The van der Waals surface area contributed by atoms with Gasteiger partial charge in [-0.15, -0.1) is 0 Å². The summed E-state index contributed by atoms with van der Waals surface area (Å²) in [7, 11) is 0. The minimum atomic E-state index is -1.04. The molecule has 1 unspecified atom stereocenters. The van der Waals surface area contributed by atoms with Gasteiger partial charge in [-0.2, -0.15) is 0 Å². The number of aliphatic carboxylic acids is 1. The molecule has 5 nitrogen and oxygen atoms in total. The molecule has 0 spiro atoms. The smallest absolute Gasteiger partial charge is 0.305 e. The first-order valence-corrected chi connectivity index (χ1v) is 5.29. The van der Waals surface area contributed by atoms with Crippen LogP contribution < -0.4 is 5.73 Å². The van der Waals surface area contributed by atoms with Crippen LogP contribution in [0.4, 0.5) is 0 Å². The minimum Gasteiger partial charge on any atom is -0.481 e. The van der Waals surface area contributed by atoms with Crippen molar-refractivity contribution in [1.29, 1.82) is 0 Å². The van der Waals surface area contributed by atoms with Crippen LogP contribution in [0, 0.1) is 0 Å². The van der Waals surface area contributed by atoms with E-state index in [2.05, 4.69) is 0 Å². The van der Waals surface area contributed by atoms with Gasteiger partial charge in [0.15, 0.2) is 0 Å². The van der Waals surface area contributed by atoms with Gasteiger partial charge in [-0.05, 0) is 13.3 Å². The molecule has 0 aromatic heterocycles. The van der Waals surface area contributed by atoms with Crippen molar-refractivity contribution in [2.45, 2.75) is 39.2 Å². The normalized spacial score (nSPS) is 12.2. The second kappa shape index (κ2) is 7.23. The van der Waals surface area contributed by atoms with Gasteiger partial charge >= 0.3 is 5.97 Å². The molecule has 3 N–H and O–H groups in total. The van der Waals surface area contributed by atoms with Crippen molar-refractivity contribution < 1.29 is 14.7 Å². The molecule has 0 aliphatic rings. The van der Waals surface area contributed by atoms with Gasteiger partial charge in [0.1, 0.15) is 0 Å². The molecule has 5 heteroatoms. The molecule has 0 aliphatic carbocycles. The summed E-state index contributed by atoms with van der Waals surface area (Å²) < 4.78 is 0. The molecule has 88 valence electrons. The molecule has 1 atom stereocenters. The standard InChI is InChI=1S/C10H20N2O3/c1-3-5-6-12(4-2)10(15)8(11)7-9(13)14/h8H,3-7,11H2,1-2H3,(H,13,14). The molecular weight excluding hydrogens is 196 g/mol. The summed E-state index contributed by atoms with van der Waals surface area (Å²) in [6, 6.07) is -0.917. The Morgan fingerprint density at radius 3 is 2.40 bits per heavy atom. The van der Waals surface area contributed by atoms with E-state index in [4.69, 9.17) is 10.8 Å². The van der Waals surface area contributed by atoms with E-state index in [0.717, 1.165) is 12.8 Å². The van der Waals surface area contributed by atoms with E-state index in [1.165, 1.54) is 0 Å². The van der Waals surface area contributed by atoms with Gasteiger partial charge in [0.2, 0.25) is 5.91 Å². The molecule has 0 aromatic rings. The second-order valence-electron chi connectivity index (χ2n) is 3.48. The van der Waals surface area contributed by atoms with Gasteiger partial charge in [0.05, 0.1) is 12.5 Å². The van der Waals surface area contributed by atoms with E-state index < -0.39 is 12.0 Å². The third kappa shape index (κ3) is 5.37. The van der Waals surface area contributed by atoms with E-state index in [1.54, 1.807) is 4.90 Å². The van der Waals surface area contributed by atoms with Crippen LogP contribution in [0.15, 0.2) is 0 Å². The maximum Gasteiger partial charge on any atom is 0.305 e. The third-order valence-electron chi connectivity index (χ3n) is 2.19. The lowest BCUT2D eigenvalue weighted by Gasteiger charge is -2.23. The lowest BCUT2D eigenvalue weighted by Crippen LogP contribution is -2.45. The van der Waals surface area contributed by atoms with Crippen LogP contribution in [-0.4, -0.2) is 41.0 Å². The summed E-state index contributed by atoms with van der Waals surface area (Å²) in [6.45, 7) is 5.13. The highest BCUT2D eigenvalue weighted by Gasteiger charge is 2.21. The van der Waals surface area contributed by atoms with Gasteiger partial charge in [0.25, 0.3) is 0 Å². The van der Waals surface area contributed by atoms with Crippen molar-refractivity contribution >= 4 is 11.9 Å². The second-order valence-corrected chi connectivity index (χ2v) is 3.48. The van der Waals surface area contributed by atoms with Crippen molar-refractivity contribution in [2.75, 3.05) is 13.1 Å². The molecule has 0 fully saturated rings. The summed E-state index contributed by atoms with van der Waals surface area (Å²) in [5.74, 6) is -1.31. The van der Waals surface area contributed by atoms with E-state index in [1.807, 2.05) is 13.8 Å². The van der Waals surface area contributed by atoms with E-state index >= 15 is 0 Å². The predicted molar refractivity (Wildman–Crippen MR) is 57.4 cm³/mol. The molecule has 0 bridgehead atoms. The molecule has 0 saturated heterocycles. The molecule has 15 heavy (non-hydrogen) atoms. The van der Waals surface area contributed by atoms with Crippen LogP contribution in [0.3, 0.4) is 0 Å². The molecule has 0 aliphatic heterocycles. The molecule has 0 radical (unpaired) electrons. The number of nitrogens with zero attached hydrogens (tertiary/aromatic N) is 1. The van der Waals surface area contributed by atoms with Crippen molar-refractivity contribution in [1.82, 2.24) is 4.90 Å². The SMILES string of the molecule is CCCCN(CC)C(=O)C(N)CC(=O)O. The number of carboxylic acid groups (broad SMARTS) is 1. The molecule has 0 heterocycles. The topological polar surface area (TPSA) is 83.6 Å². The highest BCUT2D eigenvalue weighted by atomic mass is 16.4. The van der Waals surface area contributed by atoms with Gasteiger partial charge in [-0.3, -0.25) is 9.59 Å². The van der Waals surface area contributed by atoms with Crippen LogP contribution in [0.2, 0.25) is 0 Å². The highest BCUT2D eigenvalue weighted by Crippen LogP contribution is 2.00. The number of hydrogen-bond acceptors (Lipinski definition) is 3. The van der Waals surface area contributed by atoms with Crippen LogP contribution in [0.5, 0.6) is 0 Å². The summed E-state index contributed by atoms with van der Waals surface area (Å²) in [6.07, 6.45) is 1.61. The number of carbonyl (C=O) groups is 2. The molecule has 0 rings (SSSR count). The molecule has 0 aromatic carbocycles. The maximum absolute atomic E-state index is 11.7. The van der Waals surface area contributed by atoms with E-state index in [-0.39, 0.29) is 12.3 Å². The van der Waals surface area contributed by atoms with Crippen LogP contribution in [0.25, 0.3) is 0 Å². The fourth-order valence-electron chi connectivity index (χ4n) is 1.28. The number of nitrogens with two attached hydrogens (primary N) is 1. The zero-order valence-electron chi connectivity index (χ0n) is 9.40. The largest absolute Gasteiger partial charge is 0.481 e. The Hall–Kier alpha value is -1.10. The number of likely N-dealkylation sites (N-methyl/N-ethyl adjacent to an activating group) is 1. The van der Waals surface area contributed by atoms with Gasteiger partial charge in [0, 0.05) is 13.1 Å². The van der Waals surface area contributed by atoms with Crippen molar-refractivity contribution in [3.8, 4) is 0 Å². The fourth-order valence-corrected chi connectivity index (χ4v) is 1.28. The maximum atomic E-state index is 11.7. The third-order valence-corrected chi connectivity index (χ3v) is 2.19. The Labute approximate surface area is 90.2 Å². The highest BCUT2D eigenvalue weighted by molar-refractivity contribution is 5.85. The Morgan fingerprint density at radius 1 is 1.40 bits per heavy atom. The van der Waals surface area contributed by atoms with Crippen LogP contribution in [-0.2, 0) is 9.59 Å². The summed E-state index contributed by atoms with van der Waals surface area (Å²) in [4.78, 5) is 23.6. The number of unbranched alkanes of at least 4 members (excludes halogenated alkanes) is 1. The first-order chi connectivity index (χ1) is 7.02. The van der Waals surface area contributed by atoms with Crippen molar-refractivity contribution in [3.05, 3.63) is 0 Å². The Morgan fingerprint density at radius 2 is 2.00 bits per heavy atom. The zero-order chi connectivity index (χ0) is 11.8. The number of carbonyl (C=O) groups excluding carboxylic acids is 1. The molecule has 1 amide bonds. The monoisotopic (exact) mass is 216 g/mol. The van der Waals surface area contributed by atoms with Gasteiger partial charge in [-0.25, -0.2) is 0 Å². The number of carboxylic acids is 1. The average Bonchev–Trinajstić information content (AvgIpc) is 2.17. The van der Waals surface area contributed by atoms with E-state index in [9.17, 15) is 9.59 Å². The lowest BCUT2D eigenvalue weighted by atomic mass is 10.2. The minimum absolute atomic E-state index is 0.270. The Kier molecular flexibility index (Phi) is 6.70. The number of rotatable bonds is 7. The number of amides is 1. The first-order valence-electron chi connectivity index (χ1n) is 5.29. The Bertz CT molecular complexity index is 219. The number of hydrogen-bond donors (Lipinski definition) is 2. The average molecular weight is 216 g/mol. The molecule has 0 saturated carbocycles. The van der Waals surface area contributed by atoms with Crippen molar-refractivity contribution in [2.24, 2.45) is 5.73 Å². The predicted octanol–water partition coefficient (Wildman–Crippen LogP) is 0.437. The van der Waals surface area contributed by atoms with Gasteiger partial charge in [-0.1, -0.05) is 13.3 Å². The molecular formula is C10H20N2O3.